The normalized spacial score (nSPS) is 10.7. The maximum Gasteiger partial charge on any atom is 0.271 e. The van der Waals surface area contributed by atoms with Gasteiger partial charge >= 0.3 is 0 Å². The number of amides is 1. The van der Waals surface area contributed by atoms with E-state index in [4.69, 9.17) is 0 Å². The van der Waals surface area contributed by atoms with Gasteiger partial charge in [-0.15, -0.1) is 0 Å². The highest BCUT2D eigenvalue weighted by atomic mass is 16.1. The van der Waals surface area contributed by atoms with Crippen molar-refractivity contribution in [2.45, 2.75) is 20.8 Å². The molecule has 0 saturated carbocycles. The molecule has 1 amide bonds. The molecule has 0 aliphatic heterocycles. The first-order valence-corrected chi connectivity index (χ1v) is 6.45. The van der Waals surface area contributed by atoms with Gasteiger partial charge < -0.3 is 9.88 Å². The SMILES string of the molecule is Cc1ccc(-n2cnc(C(=O)NCC(C)C)c2)cc1. The molecule has 100 valence electrons. The molecule has 0 aliphatic rings. The second-order valence-corrected chi connectivity index (χ2v) is 5.11. The Morgan fingerprint density at radius 3 is 2.63 bits per heavy atom. The molecule has 1 heterocycles. The van der Waals surface area contributed by atoms with Gasteiger partial charge in [-0.2, -0.15) is 0 Å². The number of nitrogens with one attached hydrogen (secondary N) is 1. The van der Waals surface area contributed by atoms with E-state index in [1.165, 1.54) is 5.56 Å². The molecule has 0 unspecified atom stereocenters. The third kappa shape index (κ3) is 3.44. The zero-order chi connectivity index (χ0) is 13.8. The smallest absolute Gasteiger partial charge is 0.271 e. The first-order valence-electron chi connectivity index (χ1n) is 6.45. The molecular formula is C15H19N3O. The summed E-state index contributed by atoms with van der Waals surface area (Å²) in [4.78, 5) is 16.0. The second-order valence-electron chi connectivity index (χ2n) is 5.11. The van der Waals surface area contributed by atoms with Crippen LogP contribution in [0.5, 0.6) is 0 Å². The maximum absolute atomic E-state index is 11.9. The number of nitrogens with zero attached hydrogens (tertiary/aromatic N) is 2. The Labute approximate surface area is 113 Å². The van der Waals surface area contributed by atoms with E-state index in [1.54, 1.807) is 12.5 Å². The van der Waals surface area contributed by atoms with Gasteiger partial charge in [-0.3, -0.25) is 4.79 Å². The quantitative estimate of drug-likeness (QED) is 0.915. The van der Waals surface area contributed by atoms with Crippen LogP contribution in [0.25, 0.3) is 5.69 Å². The lowest BCUT2D eigenvalue weighted by molar-refractivity contribution is 0.0944. The van der Waals surface area contributed by atoms with Gasteiger partial charge in [-0.1, -0.05) is 31.5 Å². The fraction of sp³-hybridized carbons (Fsp3) is 0.333. The average Bonchev–Trinajstić information content (AvgIpc) is 2.86. The monoisotopic (exact) mass is 257 g/mol. The summed E-state index contributed by atoms with van der Waals surface area (Å²) in [5, 5.41) is 2.86. The summed E-state index contributed by atoms with van der Waals surface area (Å²) in [6.45, 7) is 6.83. The third-order valence-electron chi connectivity index (χ3n) is 2.82. The van der Waals surface area contributed by atoms with E-state index in [2.05, 4.69) is 24.1 Å². The molecule has 0 saturated heterocycles. The van der Waals surface area contributed by atoms with Crippen molar-refractivity contribution >= 4 is 5.91 Å². The van der Waals surface area contributed by atoms with Crippen molar-refractivity contribution in [1.82, 2.24) is 14.9 Å². The van der Waals surface area contributed by atoms with Gasteiger partial charge in [-0.05, 0) is 25.0 Å². The molecule has 1 N–H and O–H groups in total. The Kier molecular flexibility index (Phi) is 4.00. The predicted octanol–water partition coefficient (Wildman–Crippen LogP) is 2.57. The molecule has 0 radical (unpaired) electrons. The zero-order valence-electron chi connectivity index (χ0n) is 11.6. The molecule has 0 atom stereocenters. The number of imidazole rings is 1. The molecule has 1 aromatic carbocycles. The predicted molar refractivity (Wildman–Crippen MR) is 75.5 cm³/mol. The highest BCUT2D eigenvalue weighted by Gasteiger charge is 2.09. The van der Waals surface area contributed by atoms with Crippen molar-refractivity contribution < 1.29 is 4.79 Å². The lowest BCUT2D eigenvalue weighted by atomic mass is 10.2. The minimum absolute atomic E-state index is 0.125. The fourth-order valence-corrected chi connectivity index (χ4v) is 1.69. The summed E-state index contributed by atoms with van der Waals surface area (Å²) in [6, 6.07) is 8.08. The van der Waals surface area contributed by atoms with Crippen molar-refractivity contribution in [2.75, 3.05) is 6.54 Å². The van der Waals surface area contributed by atoms with Gasteiger partial charge in [0, 0.05) is 18.4 Å². The number of benzene rings is 1. The maximum atomic E-state index is 11.9. The third-order valence-corrected chi connectivity index (χ3v) is 2.82. The number of carbonyl (C=O) groups is 1. The Morgan fingerprint density at radius 2 is 2.00 bits per heavy atom. The van der Waals surface area contributed by atoms with Crippen molar-refractivity contribution in [1.29, 1.82) is 0 Å². The highest BCUT2D eigenvalue weighted by Crippen LogP contribution is 2.10. The van der Waals surface area contributed by atoms with Crippen LogP contribution >= 0.6 is 0 Å². The van der Waals surface area contributed by atoms with Crippen LogP contribution < -0.4 is 5.32 Å². The number of aryl methyl sites for hydroxylation is 1. The molecule has 2 aromatic rings. The van der Waals surface area contributed by atoms with Crippen molar-refractivity contribution in [3.05, 3.63) is 48.0 Å². The van der Waals surface area contributed by atoms with Crippen LogP contribution in [0.3, 0.4) is 0 Å². The summed E-state index contributed by atoms with van der Waals surface area (Å²) in [7, 11) is 0. The molecular weight excluding hydrogens is 238 g/mol. The second kappa shape index (κ2) is 5.69. The summed E-state index contributed by atoms with van der Waals surface area (Å²) in [5.74, 6) is 0.308. The minimum Gasteiger partial charge on any atom is -0.350 e. The van der Waals surface area contributed by atoms with E-state index in [1.807, 2.05) is 35.8 Å². The highest BCUT2D eigenvalue weighted by molar-refractivity contribution is 5.92. The van der Waals surface area contributed by atoms with Crippen LogP contribution in [0, 0.1) is 12.8 Å². The van der Waals surface area contributed by atoms with E-state index in [0.717, 1.165) is 5.69 Å². The molecule has 19 heavy (non-hydrogen) atoms. The van der Waals surface area contributed by atoms with E-state index in [9.17, 15) is 4.79 Å². The Balaban J connectivity index is 2.10. The summed E-state index contributed by atoms with van der Waals surface area (Å²) >= 11 is 0. The molecule has 4 heteroatoms. The van der Waals surface area contributed by atoms with E-state index >= 15 is 0 Å². The molecule has 0 aliphatic carbocycles. The number of hydrogen-bond donors (Lipinski definition) is 1. The Bertz CT molecular complexity index is 555. The summed E-state index contributed by atoms with van der Waals surface area (Å²) < 4.78 is 1.85. The molecule has 0 fully saturated rings. The largest absolute Gasteiger partial charge is 0.350 e. The summed E-state index contributed by atoms with van der Waals surface area (Å²) in [5.41, 5.74) is 2.65. The van der Waals surface area contributed by atoms with Crippen LogP contribution in [-0.4, -0.2) is 22.0 Å². The standard InChI is InChI=1S/C15H19N3O/c1-11(2)8-16-15(19)14-9-18(10-17-14)13-6-4-12(3)5-7-13/h4-7,9-11H,8H2,1-3H3,(H,16,19). The fourth-order valence-electron chi connectivity index (χ4n) is 1.69. The van der Waals surface area contributed by atoms with E-state index in [0.29, 0.717) is 18.2 Å². The number of carbonyl (C=O) groups excluding carboxylic acids is 1. The molecule has 0 spiro atoms. The van der Waals surface area contributed by atoms with Crippen LogP contribution in [0.1, 0.15) is 29.9 Å². The molecule has 4 nitrogen and oxygen atoms in total. The molecule has 0 bridgehead atoms. The van der Waals surface area contributed by atoms with Gasteiger partial charge in [0.25, 0.3) is 5.91 Å². The van der Waals surface area contributed by atoms with Crippen LogP contribution in [0.4, 0.5) is 0 Å². The van der Waals surface area contributed by atoms with Crippen LogP contribution in [0.15, 0.2) is 36.8 Å². The van der Waals surface area contributed by atoms with Crippen molar-refractivity contribution in [3.63, 3.8) is 0 Å². The minimum atomic E-state index is -0.125. The van der Waals surface area contributed by atoms with Crippen molar-refractivity contribution in [2.24, 2.45) is 5.92 Å². The van der Waals surface area contributed by atoms with Gasteiger partial charge in [0.15, 0.2) is 0 Å². The first kappa shape index (κ1) is 13.3. The number of rotatable bonds is 4. The lowest BCUT2D eigenvalue weighted by Crippen LogP contribution is -2.27. The molecule has 2 rings (SSSR count). The van der Waals surface area contributed by atoms with E-state index in [-0.39, 0.29) is 5.91 Å². The van der Waals surface area contributed by atoms with Gasteiger partial charge in [0.2, 0.25) is 0 Å². The zero-order valence-corrected chi connectivity index (χ0v) is 11.6. The van der Waals surface area contributed by atoms with Crippen LogP contribution in [0.2, 0.25) is 0 Å². The number of hydrogen-bond acceptors (Lipinski definition) is 2. The Morgan fingerprint density at radius 1 is 1.32 bits per heavy atom. The summed E-state index contributed by atoms with van der Waals surface area (Å²) in [6.07, 6.45) is 3.41. The lowest BCUT2D eigenvalue weighted by Gasteiger charge is -2.05. The first-order chi connectivity index (χ1) is 9.06. The van der Waals surface area contributed by atoms with Crippen molar-refractivity contribution in [3.8, 4) is 5.69 Å². The van der Waals surface area contributed by atoms with Gasteiger partial charge in [-0.25, -0.2) is 4.98 Å². The van der Waals surface area contributed by atoms with Crippen LogP contribution in [-0.2, 0) is 0 Å². The van der Waals surface area contributed by atoms with E-state index < -0.39 is 0 Å². The topological polar surface area (TPSA) is 46.9 Å². The van der Waals surface area contributed by atoms with Gasteiger partial charge in [0.1, 0.15) is 12.0 Å². The Hall–Kier alpha value is -2.10. The number of aromatic nitrogens is 2. The van der Waals surface area contributed by atoms with Gasteiger partial charge in [0.05, 0.1) is 0 Å². The average molecular weight is 257 g/mol. The molecule has 1 aromatic heterocycles.